The maximum Gasteiger partial charge on any atom is 0.338 e. The topological polar surface area (TPSA) is 107 Å². The highest BCUT2D eigenvalue weighted by Gasteiger charge is 2.29. The Labute approximate surface area is 230 Å². The average Bonchev–Trinajstić information content (AvgIpc) is 3.22. The zero-order valence-corrected chi connectivity index (χ0v) is 22.3. The number of nitrogens with one attached hydrogen (secondary N) is 1. The molecule has 200 valence electrons. The van der Waals surface area contributed by atoms with Crippen LogP contribution in [0.2, 0.25) is 5.02 Å². The van der Waals surface area contributed by atoms with Crippen molar-refractivity contribution in [3.8, 4) is 11.5 Å². The molecule has 0 atom stereocenters. The van der Waals surface area contributed by atoms with Crippen LogP contribution in [-0.2, 0) is 14.3 Å². The molecule has 4 rings (SSSR count). The minimum atomic E-state index is -0.431. The molecule has 0 saturated carbocycles. The van der Waals surface area contributed by atoms with Crippen molar-refractivity contribution in [3.63, 3.8) is 0 Å². The highest BCUT2D eigenvalue weighted by Crippen LogP contribution is 2.31. The highest BCUT2D eigenvalue weighted by molar-refractivity contribution is 6.33. The number of hydrogen-bond acceptors (Lipinski definition) is 7. The first-order chi connectivity index (χ1) is 18.8. The lowest BCUT2D eigenvalue weighted by Crippen LogP contribution is -2.21. The molecule has 1 heterocycles. The number of nitrogens with zero attached hydrogens (tertiary/aromatic N) is 2. The second-order valence-electron chi connectivity index (χ2n) is 8.35. The van der Waals surface area contributed by atoms with E-state index in [1.54, 1.807) is 86.7 Å². The molecular formula is C29H26ClN3O6. The Morgan fingerprint density at radius 3 is 2.49 bits per heavy atom. The summed E-state index contributed by atoms with van der Waals surface area (Å²) in [5.41, 5.74) is 3.01. The van der Waals surface area contributed by atoms with Crippen molar-refractivity contribution in [2.24, 2.45) is 5.10 Å². The molecule has 0 aliphatic carbocycles. The molecule has 1 aliphatic rings. The largest absolute Gasteiger partial charge is 0.493 e. The number of anilines is 2. The molecule has 10 heteroatoms. The molecule has 0 radical (unpaired) electrons. The number of para-hydroxylation sites is 1. The number of ether oxygens (including phenoxy) is 3. The van der Waals surface area contributed by atoms with Crippen LogP contribution in [0.15, 0.2) is 77.4 Å². The first-order valence-corrected chi connectivity index (χ1v) is 12.4. The summed E-state index contributed by atoms with van der Waals surface area (Å²) in [6.45, 7) is 3.50. The van der Waals surface area contributed by atoms with Gasteiger partial charge < -0.3 is 19.5 Å². The lowest BCUT2D eigenvalue weighted by molar-refractivity contribution is -0.118. The van der Waals surface area contributed by atoms with Gasteiger partial charge in [-0.2, -0.15) is 10.1 Å². The van der Waals surface area contributed by atoms with Gasteiger partial charge in [-0.15, -0.1) is 0 Å². The van der Waals surface area contributed by atoms with Gasteiger partial charge in [0, 0.05) is 0 Å². The number of esters is 1. The molecule has 1 aliphatic heterocycles. The van der Waals surface area contributed by atoms with E-state index in [0.29, 0.717) is 50.3 Å². The van der Waals surface area contributed by atoms with Crippen LogP contribution in [0.3, 0.4) is 0 Å². The van der Waals surface area contributed by atoms with E-state index >= 15 is 0 Å². The Morgan fingerprint density at radius 1 is 1.05 bits per heavy atom. The lowest BCUT2D eigenvalue weighted by Gasteiger charge is -2.13. The normalized spacial score (nSPS) is 13.7. The third-order valence-electron chi connectivity index (χ3n) is 5.69. The number of amides is 2. The van der Waals surface area contributed by atoms with Crippen LogP contribution in [0, 0.1) is 0 Å². The fourth-order valence-electron chi connectivity index (χ4n) is 3.76. The van der Waals surface area contributed by atoms with Crippen molar-refractivity contribution >= 4 is 52.5 Å². The number of carbonyl (C=O) groups is 3. The van der Waals surface area contributed by atoms with E-state index in [4.69, 9.17) is 25.8 Å². The molecule has 9 nitrogen and oxygen atoms in total. The molecule has 3 aromatic carbocycles. The molecule has 0 spiro atoms. The summed E-state index contributed by atoms with van der Waals surface area (Å²) >= 11 is 6.08. The Kier molecular flexibility index (Phi) is 8.63. The average molecular weight is 548 g/mol. The summed E-state index contributed by atoms with van der Waals surface area (Å²) in [5.74, 6) is -0.372. The van der Waals surface area contributed by atoms with Gasteiger partial charge in [0.25, 0.3) is 11.8 Å². The van der Waals surface area contributed by atoms with Gasteiger partial charge in [-0.1, -0.05) is 29.8 Å². The number of benzene rings is 3. The van der Waals surface area contributed by atoms with Crippen LogP contribution in [0.25, 0.3) is 6.08 Å². The molecule has 2 amide bonds. The zero-order valence-electron chi connectivity index (χ0n) is 21.6. The molecule has 3 aromatic rings. The first-order valence-electron chi connectivity index (χ1n) is 12.0. The van der Waals surface area contributed by atoms with E-state index in [-0.39, 0.29) is 25.0 Å². The maximum atomic E-state index is 13.2. The summed E-state index contributed by atoms with van der Waals surface area (Å²) in [6, 6.07) is 18.5. The third-order valence-corrected chi connectivity index (χ3v) is 6.02. The Morgan fingerprint density at radius 2 is 1.79 bits per heavy atom. The van der Waals surface area contributed by atoms with Gasteiger partial charge in [0.1, 0.15) is 0 Å². The van der Waals surface area contributed by atoms with E-state index in [0.717, 1.165) is 0 Å². The minimum absolute atomic E-state index is 0.254. The quantitative estimate of drug-likeness (QED) is 0.286. The number of hydrogen-bond donors (Lipinski definition) is 1. The standard InChI is InChI=1S/C29H26ClN3O6/c1-4-38-29(36)20-10-12-21(13-11-20)33-28(35)22(18(2)32-33)15-19-9-14-25(26(16-19)37-3)39-17-27(34)31-24-8-6-5-7-23(24)30/h5-16H,4,17H2,1-3H3,(H,31,34). The van der Waals surface area contributed by atoms with E-state index in [2.05, 4.69) is 10.4 Å². The second kappa shape index (κ2) is 12.3. The molecule has 1 N–H and O–H groups in total. The van der Waals surface area contributed by atoms with Crippen molar-refractivity contribution in [1.82, 2.24) is 0 Å². The molecule has 39 heavy (non-hydrogen) atoms. The lowest BCUT2D eigenvalue weighted by atomic mass is 10.1. The minimum Gasteiger partial charge on any atom is -0.493 e. The van der Waals surface area contributed by atoms with Crippen molar-refractivity contribution in [2.45, 2.75) is 13.8 Å². The molecule has 0 saturated heterocycles. The van der Waals surface area contributed by atoms with Crippen LogP contribution in [-0.4, -0.2) is 43.8 Å². The number of methoxy groups -OCH3 is 1. The van der Waals surface area contributed by atoms with Gasteiger partial charge in [0.05, 0.1) is 47.0 Å². The van der Waals surface area contributed by atoms with Crippen LogP contribution in [0.4, 0.5) is 11.4 Å². The van der Waals surface area contributed by atoms with Crippen LogP contribution >= 0.6 is 11.6 Å². The van der Waals surface area contributed by atoms with Crippen LogP contribution < -0.4 is 19.8 Å². The molecule has 0 bridgehead atoms. The second-order valence-corrected chi connectivity index (χ2v) is 8.76. The third kappa shape index (κ3) is 6.45. The van der Waals surface area contributed by atoms with E-state index in [1.165, 1.54) is 12.1 Å². The summed E-state index contributed by atoms with van der Waals surface area (Å²) < 4.78 is 16.1. The van der Waals surface area contributed by atoms with Gasteiger partial charge in [-0.25, -0.2) is 4.79 Å². The smallest absolute Gasteiger partial charge is 0.338 e. The fourth-order valence-corrected chi connectivity index (χ4v) is 3.95. The Hall–Kier alpha value is -4.63. The molecule has 0 fully saturated rings. The van der Waals surface area contributed by atoms with Gasteiger partial charge in [-0.3, -0.25) is 9.59 Å². The van der Waals surface area contributed by atoms with Crippen molar-refractivity contribution in [3.05, 3.63) is 88.5 Å². The van der Waals surface area contributed by atoms with E-state index in [9.17, 15) is 14.4 Å². The van der Waals surface area contributed by atoms with Gasteiger partial charge in [0.2, 0.25) is 0 Å². The first kappa shape index (κ1) is 27.4. The summed E-state index contributed by atoms with van der Waals surface area (Å²) in [4.78, 5) is 37.4. The highest BCUT2D eigenvalue weighted by atomic mass is 35.5. The monoisotopic (exact) mass is 547 g/mol. The fraction of sp³-hybridized carbons (Fsp3) is 0.172. The van der Waals surface area contributed by atoms with Gasteiger partial charge in [0.15, 0.2) is 18.1 Å². The molecule has 0 aromatic heterocycles. The number of halogens is 1. The number of carbonyl (C=O) groups excluding carboxylic acids is 3. The van der Waals surface area contributed by atoms with Crippen molar-refractivity contribution < 1.29 is 28.6 Å². The van der Waals surface area contributed by atoms with Crippen LogP contribution in [0.1, 0.15) is 29.8 Å². The maximum absolute atomic E-state index is 13.2. The number of hydrazone groups is 1. The summed E-state index contributed by atoms with van der Waals surface area (Å²) in [6.07, 6.45) is 1.70. The van der Waals surface area contributed by atoms with Gasteiger partial charge in [-0.05, 0) is 74.0 Å². The Balaban J connectivity index is 1.45. The molecular weight excluding hydrogens is 522 g/mol. The number of rotatable bonds is 9. The zero-order chi connectivity index (χ0) is 27.9. The Bertz CT molecular complexity index is 1470. The summed E-state index contributed by atoms with van der Waals surface area (Å²) in [7, 11) is 1.48. The predicted molar refractivity (Wildman–Crippen MR) is 150 cm³/mol. The van der Waals surface area contributed by atoms with Crippen molar-refractivity contribution in [2.75, 3.05) is 30.6 Å². The van der Waals surface area contributed by atoms with Crippen LogP contribution in [0.5, 0.6) is 11.5 Å². The van der Waals surface area contributed by atoms with E-state index < -0.39 is 5.97 Å². The molecule has 0 unspecified atom stereocenters. The van der Waals surface area contributed by atoms with Crippen molar-refractivity contribution in [1.29, 1.82) is 0 Å². The predicted octanol–water partition coefficient (Wildman–Crippen LogP) is 5.35. The van der Waals surface area contributed by atoms with Gasteiger partial charge >= 0.3 is 5.97 Å². The SMILES string of the molecule is CCOC(=O)c1ccc(N2N=C(C)C(=Cc3ccc(OCC(=O)Nc4ccccc4Cl)c(OC)c3)C2=O)cc1. The van der Waals surface area contributed by atoms with E-state index in [1.807, 2.05) is 0 Å². The summed E-state index contributed by atoms with van der Waals surface area (Å²) in [5, 5.41) is 8.78.